The molecule has 0 saturated carbocycles. The average Bonchev–Trinajstić information content (AvgIpc) is 2.92. The smallest absolute Gasteiger partial charge is 0.190 e. The summed E-state index contributed by atoms with van der Waals surface area (Å²) in [5, 5.41) is 2.90. The van der Waals surface area contributed by atoms with Gasteiger partial charge in [0.1, 0.15) is 0 Å². The lowest BCUT2D eigenvalue weighted by Crippen LogP contribution is -2.14. The number of rotatable bonds is 3. The molecule has 0 spiro atoms. The molecule has 0 aliphatic heterocycles. The topological polar surface area (TPSA) is 17.3 Å². The van der Waals surface area contributed by atoms with Gasteiger partial charge >= 0.3 is 0 Å². The van der Waals surface area contributed by atoms with E-state index in [2.05, 4.69) is 16.9 Å². The molecular weight excluding hydrogens is 300 g/mol. The first-order valence-corrected chi connectivity index (χ1v) is 8.07. The van der Waals surface area contributed by atoms with Crippen molar-refractivity contribution in [2.45, 2.75) is 13.5 Å². The zero-order chi connectivity index (χ0) is 14.7. The Hall–Kier alpha value is -1.84. The van der Waals surface area contributed by atoms with Crippen LogP contribution in [0.4, 0.5) is 5.69 Å². The van der Waals surface area contributed by atoms with Gasteiger partial charge in [-0.05, 0) is 36.8 Å². The number of hydrogen-bond acceptors (Lipinski definition) is 2. The first-order chi connectivity index (χ1) is 10.3. The molecule has 0 saturated heterocycles. The normalized spacial score (nSPS) is 11.8. The third kappa shape index (κ3) is 3.09. The fourth-order valence-electron chi connectivity index (χ4n) is 2.19. The summed E-state index contributed by atoms with van der Waals surface area (Å²) in [6, 6.07) is 18.0. The quantitative estimate of drug-likeness (QED) is 0.638. The van der Waals surface area contributed by atoms with E-state index in [0.717, 1.165) is 27.6 Å². The Kier molecular flexibility index (Phi) is 4.23. The minimum Gasteiger partial charge on any atom is -0.317 e. The van der Waals surface area contributed by atoms with Gasteiger partial charge in [-0.15, -0.1) is 11.3 Å². The molecule has 0 bridgehead atoms. The molecular formula is C17H15ClN2S. The second kappa shape index (κ2) is 6.29. The van der Waals surface area contributed by atoms with Crippen LogP contribution in [0.5, 0.6) is 0 Å². The second-order valence-corrected chi connectivity index (χ2v) is 5.88. The maximum absolute atomic E-state index is 5.96. The highest BCUT2D eigenvalue weighted by atomic mass is 35.5. The van der Waals surface area contributed by atoms with Crippen molar-refractivity contribution in [3.63, 3.8) is 0 Å². The summed E-state index contributed by atoms with van der Waals surface area (Å²) in [7, 11) is 0. The molecule has 4 heteroatoms. The third-order valence-corrected chi connectivity index (χ3v) is 4.35. The minimum absolute atomic E-state index is 0.756. The number of nitrogens with zero attached hydrogens (tertiary/aromatic N) is 2. The van der Waals surface area contributed by atoms with Crippen molar-refractivity contribution >= 4 is 28.6 Å². The Balaban J connectivity index is 2.09. The van der Waals surface area contributed by atoms with Crippen LogP contribution in [0.2, 0.25) is 5.02 Å². The van der Waals surface area contributed by atoms with Gasteiger partial charge in [0.25, 0.3) is 0 Å². The van der Waals surface area contributed by atoms with Crippen molar-refractivity contribution in [1.82, 2.24) is 4.57 Å². The van der Waals surface area contributed by atoms with Crippen molar-refractivity contribution in [3.05, 3.63) is 69.8 Å². The van der Waals surface area contributed by atoms with Gasteiger partial charge in [-0.1, -0.05) is 41.9 Å². The lowest BCUT2D eigenvalue weighted by Gasteiger charge is -2.06. The molecule has 0 aliphatic rings. The number of aromatic nitrogens is 1. The lowest BCUT2D eigenvalue weighted by atomic mass is 10.2. The molecule has 2 nitrogen and oxygen atoms in total. The molecule has 21 heavy (non-hydrogen) atoms. The van der Waals surface area contributed by atoms with Crippen molar-refractivity contribution in [2.75, 3.05) is 0 Å². The van der Waals surface area contributed by atoms with E-state index in [1.54, 1.807) is 11.3 Å². The predicted molar refractivity (Wildman–Crippen MR) is 90.1 cm³/mol. The highest BCUT2D eigenvalue weighted by molar-refractivity contribution is 7.07. The Morgan fingerprint density at radius 1 is 1.05 bits per heavy atom. The van der Waals surface area contributed by atoms with E-state index in [1.165, 1.54) is 5.69 Å². The molecule has 3 aromatic rings. The summed E-state index contributed by atoms with van der Waals surface area (Å²) >= 11 is 7.62. The minimum atomic E-state index is 0.756. The Morgan fingerprint density at radius 2 is 1.76 bits per heavy atom. The molecule has 0 fully saturated rings. The van der Waals surface area contributed by atoms with Crippen LogP contribution in [0.1, 0.15) is 6.92 Å². The molecule has 0 unspecified atom stereocenters. The van der Waals surface area contributed by atoms with E-state index >= 15 is 0 Å². The van der Waals surface area contributed by atoms with Gasteiger partial charge in [0, 0.05) is 16.9 Å². The Labute approximate surface area is 133 Å². The Bertz CT molecular complexity index is 786. The van der Waals surface area contributed by atoms with Crippen molar-refractivity contribution in [3.8, 4) is 11.3 Å². The monoisotopic (exact) mass is 314 g/mol. The largest absolute Gasteiger partial charge is 0.317 e. The van der Waals surface area contributed by atoms with Gasteiger partial charge in [-0.3, -0.25) is 0 Å². The summed E-state index contributed by atoms with van der Waals surface area (Å²) in [6.07, 6.45) is 0. The number of para-hydroxylation sites is 1. The van der Waals surface area contributed by atoms with Gasteiger partial charge in [0.05, 0.1) is 11.4 Å². The molecule has 106 valence electrons. The standard InChI is InChI=1S/C17H15ClN2S/c1-2-20-16(13-8-10-14(18)11-9-13)12-21-17(20)19-15-6-4-3-5-7-15/h3-12H,2H2,1H3. The molecule has 1 aromatic heterocycles. The number of hydrogen-bond donors (Lipinski definition) is 0. The van der Waals surface area contributed by atoms with Crippen LogP contribution in [0.3, 0.4) is 0 Å². The fourth-order valence-corrected chi connectivity index (χ4v) is 3.31. The van der Waals surface area contributed by atoms with E-state index in [0.29, 0.717) is 0 Å². The Morgan fingerprint density at radius 3 is 2.43 bits per heavy atom. The van der Waals surface area contributed by atoms with Gasteiger partial charge in [0.2, 0.25) is 0 Å². The van der Waals surface area contributed by atoms with Gasteiger partial charge in [-0.2, -0.15) is 0 Å². The average molecular weight is 315 g/mol. The highest BCUT2D eigenvalue weighted by Crippen LogP contribution is 2.22. The SMILES string of the molecule is CCn1c(-c2ccc(Cl)cc2)csc1=Nc1ccccc1. The second-order valence-electron chi connectivity index (χ2n) is 4.60. The van der Waals surface area contributed by atoms with E-state index in [-0.39, 0.29) is 0 Å². The summed E-state index contributed by atoms with van der Waals surface area (Å²) in [6.45, 7) is 3.02. The maximum Gasteiger partial charge on any atom is 0.190 e. The summed E-state index contributed by atoms with van der Waals surface area (Å²) in [5.41, 5.74) is 3.31. The lowest BCUT2D eigenvalue weighted by molar-refractivity contribution is 0.745. The van der Waals surface area contributed by atoms with E-state index in [4.69, 9.17) is 16.6 Å². The third-order valence-electron chi connectivity index (χ3n) is 3.23. The van der Waals surface area contributed by atoms with Crippen LogP contribution >= 0.6 is 22.9 Å². The van der Waals surface area contributed by atoms with Crippen molar-refractivity contribution in [1.29, 1.82) is 0 Å². The highest BCUT2D eigenvalue weighted by Gasteiger charge is 2.06. The predicted octanol–water partition coefficient (Wildman–Crippen LogP) is 5.12. The number of thiazole rings is 1. The fraction of sp³-hybridized carbons (Fsp3) is 0.118. The van der Waals surface area contributed by atoms with Crippen LogP contribution in [0, 0.1) is 0 Å². The molecule has 2 aromatic carbocycles. The first kappa shape index (κ1) is 14.1. The van der Waals surface area contributed by atoms with Crippen LogP contribution < -0.4 is 4.80 Å². The van der Waals surface area contributed by atoms with Gasteiger partial charge < -0.3 is 4.57 Å². The molecule has 0 atom stereocenters. The molecule has 0 N–H and O–H groups in total. The summed E-state index contributed by atoms with van der Waals surface area (Å²) < 4.78 is 2.22. The zero-order valence-electron chi connectivity index (χ0n) is 11.7. The van der Waals surface area contributed by atoms with Gasteiger partial charge in [0.15, 0.2) is 4.80 Å². The molecule has 3 rings (SSSR count). The first-order valence-electron chi connectivity index (χ1n) is 6.82. The molecule has 0 amide bonds. The summed E-state index contributed by atoms with van der Waals surface area (Å²) in [5.74, 6) is 0. The van der Waals surface area contributed by atoms with E-state index in [1.807, 2.05) is 54.6 Å². The molecule has 0 aliphatic carbocycles. The van der Waals surface area contributed by atoms with Crippen LogP contribution in [-0.4, -0.2) is 4.57 Å². The van der Waals surface area contributed by atoms with Crippen molar-refractivity contribution in [2.24, 2.45) is 4.99 Å². The van der Waals surface area contributed by atoms with Crippen LogP contribution in [0.15, 0.2) is 65.0 Å². The summed E-state index contributed by atoms with van der Waals surface area (Å²) in [4.78, 5) is 5.74. The van der Waals surface area contributed by atoms with E-state index < -0.39 is 0 Å². The van der Waals surface area contributed by atoms with Gasteiger partial charge in [-0.25, -0.2) is 4.99 Å². The number of halogens is 1. The number of benzene rings is 2. The molecule has 1 heterocycles. The molecule has 0 radical (unpaired) electrons. The van der Waals surface area contributed by atoms with Crippen LogP contribution in [0.25, 0.3) is 11.3 Å². The van der Waals surface area contributed by atoms with E-state index in [9.17, 15) is 0 Å². The van der Waals surface area contributed by atoms with Crippen LogP contribution in [-0.2, 0) is 6.54 Å². The van der Waals surface area contributed by atoms with Crippen molar-refractivity contribution < 1.29 is 0 Å². The maximum atomic E-state index is 5.96. The zero-order valence-corrected chi connectivity index (χ0v) is 13.2.